The number of pyridine rings is 1. The maximum Gasteiger partial charge on any atom is 0.261 e. The van der Waals surface area contributed by atoms with Gasteiger partial charge in [0.25, 0.3) is 11.5 Å². The fourth-order valence-electron chi connectivity index (χ4n) is 2.44. The third kappa shape index (κ3) is 5.37. The minimum absolute atomic E-state index is 0.242. The van der Waals surface area contributed by atoms with Crippen LogP contribution in [0.5, 0.6) is 0 Å². The zero-order chi connectivity index (χ0) is 15.7. The molecule has 0 fully saturated rings. The Balaban J connectivity index is 2.74. The van der Waals surface area contributed by atoms with E-state index < -0.39 is 0 Å². The van der Waals surface area contributed by atoms with Gasteiger partial charge in [-0.1, -0.05) is 46.5 Å². The van der Waals surface area contributed by atoms with E-state index in [1.165, 1.54) is 12.8 Å². The number of aromatic amines is 1. The number of carbonyl (C=O) groups excluding carboxylic acids is 1. The molecule has 1 rings (SSSR count). The molecule has 1 aromatic heterocycles. The standard InChI is InChI=1S/C17H28N2O2/c1-4-7-8-9-11-18-16(20)14-12-13(10-5-2)15(6-3)19-17(14)21/h12H,4-11H2,1-3H3,(H,18,20)(H,19,21). The van der Waals surface area contributed by atoms with Gasteiger partial charge in [-0.05, 0) is 30.9 Å². The second-order valence-electron chi connectivity index (χ2n) is 5.44. The number of carbonyl (C=O) groups is 1. The van der Waals surface area contributed by atoms with Gasteiger partial charge in [0, 0.05) is 12.2 Å². The van der Waals surface area contributed by atoms with Gasteiger partial charge in [0.15, 0.2) is 0 Å². The SMILES string of the molecule is CCCCCCNC(=O)c1cc(CCC)c(CC)[nH]c1=O. The third-order valence-electron chi connectivity index (χ3n) is 3.65. The van der Waals surface area contributed by atoms with Crippen LogP contribution in [0.2, 0.25) is 0 Å². The molecule has 1 heterocycles. The molecule has 1 aromatic rings. The molecule has 0 bridgehead atoms. The van der Waals surface area contributed by atoms with Crippen LogP contribution < -0.4 is 10.9 Å². The van der Waals surface area contributed by atoms with Crippen LogP contribution in [0, 0.1) is 0 Å². The van der Waals surface area contributed by atoms with Gasteiger partial charge >= 0.3 is 0 Å². The van der Waals surface area contributed by atoms with Crippen molar-refractivity contribution in [2.24, 2.45) is 0 Å². The summed E-state index contributed by atoms with van der Waals surface area (Å²) in [6, 6.07) is 1.77. The Morgan fingerprint density at radius 1 is 1.14 bits per heavy atom. The molecule has 21 heavy (non-hydrogen) atoms. The molecule has 0 saturated heterocycles. The van der Waals surface area contributed by atoms with E-state index in [9.17, 15) is 9.59 Å². The molecule has 0 aromatic carbocycles. The lowest BCUT2D eigenvalue weighted by Crippen LogP contribution is -2.31. The average Bonchev–Trinajstić information content (AvgIpc) is 2.48. The van der Waals surface area contributed by atoms with Crippen molar-refractivity contribution in [1.82, 2.24) is 10.3 Å². The van der Waals surface area contributed by atoms with Crippen LogP contribution >= 0.6 is 0 Å². The van der Waals surface area contributed by atoms with Gasteiger partial charge in [0.2, 0.25) is 0 Å². The van der Waals surface area contributed by atoms with Crippen molar-refractivity contribution >= 4 is 5.91 Å². The quantitative estimate of drug-likeness (QED) is 0.687. The number of nitrogens with one attached hydrogen (secondary N) is 2. The number of aryl methyl sites for hydroxylation is 2. The van der Waals surface area contributed by atoms with Gasteiger partial charge in [-0.3, -0.25) is 9.59 Å². The lowest BCUT2D eigenvalue weighted by Gasteiger charge is -2.10. The van der Waals surface area contributed by atoms with Crippen LogP contribution in [0.3, 0.4) is 0 Å². The van der Waals surface area contributed by atoms with E-state index in [4.69, 9.17) is 0 Å². The highest BCUT2D eigenvalue weighted by atomic mass is 16.2. The molecule has 0 radical (unpaired) electrons. The maximum absolute atomic E-state index is 12.1. The molecule has 0 aliphatic rings. The molecule has 118 valence electrons. The zero-order valence-corrected chi connectivity index (χ0v) is 13.6. The predicted octanol–water partition coefficient (Wildman–Crippen LogP) is 3.20. The van der Waals surface area contributed by atoms with Crippen LogP contribution in [0.25, 0.3) is 0 Å². The Labute approximate surface area is 127 Å². The molecule has 4 heteroatoms. The lowest BCUT2D eigenvalue weighted by atomic mass is 10.0. The Hall–Kier alpha value is -1.58. The molecule has 2 N–H and O–H groups in total. The van der Waals surface area contributed by atoms with Gasteiger partial charge in [0.05, 0.1) is 0 Å². The van der Waals surface area contributed by atoms with Gasteiger partial charge in [0.1, 0.15) is 5.56 Å². The zero-order valence-electron chi connectivity index (χ0n) is 13.6. The Kier molecular flexibility index (Phi) is 7.80. The molecule has 1 amide bonds. The second-order valence-corrected chi connectivity index (χ2v) is 5.44. The van der Waals surface area contributed by atoms with Gasteiger partial charge in [-0.2, -0.15) is 0 Å². The smallest absolute Gasteiger partial charge is 0.261 e. The van der Waals surface area contributed by atoms with Gasteiger partial charge < -0.3 is 10.3 Å². The molecule has 0 saturated carbocycles. The van der Waals surface area contributed by atoms with Crippen LogP contribution in [0.4, 0.5) is 0 Å². The number of hydrogen-bond acceptors (Lipinski definition) is 2. The molecule has 0 aliphatic carbocycles. The number of amides is 1. The first-order valence-corrected chi connectivity index (χ1v) is 8.17. The highest BCUT2D eigenvalue weighted by Crippen LogP contribution is 2.10. The Bertz CT molecular complexity index is 506. The Morgan fingerprint density at radius 2 is 1.90 bits per heavy atom. The predicted molar refractivity (Wildman–Crippen MR) is 86.9 cm³/mol. The van der Waals surface area contributed by atoms with Crippen LogP contribution in [0.1, 0.15) is 74.5 Å². The molecule has 0 aliphatic heterocycles. The summed E-state index contributed by atoms with van der Waals surface area (Å²) in [5.74, 6) is -0.257. The summed E-state index contributed by atoms with van der Waals surface area (Å²) in [6.07, 6.45) is 7.10. The van der Waals surface area contributed by atoms with Crippen LogP contribution in [0.15, 0.2) is 10.9 Å². The monoisotopic (exact) mass is 292 g/mol. The summed E-state index contributed by atoms with van der Waals surface area (Å²) in [5, 5.41) is 2.85. The van der Waals surface area contributed by atoms with Crippen molar-refractivity contribution in [3.8, 4) is 0 Å². The van der Waals surface area contributed by atoms with Crippen molar-refractivity contribution in [2.45, 2.75) is 65.7 Å². The first kappa shape index (κ1) is 17.5. The second kappa shape index (κ2) is 9.37. The number of H-pyrrole nitrogens is 1. The number of hydrogen-bond donors (Lipinski definition) is 2. The van der Waals surface area contributed by atoms with Crippen molar-refractivity contribution in [2.75, 3.05) is 6.54 Å². The largest absolute Gasteiger partial charge is 0.352 e. The Morgan fingerprint density at radius 3 is 2.52 bits per heavy atom. The van der Waals surface area contributed by atoms with Crippen LogP contribution in [-0.4, -0.2) is 17.4 Å². The fraction of sp³-hybridized carbons (Fsp3) is 0.647. The van der Waals surface area contributed by atoms with E-state index >= 15 is 0 Å². The minimum Gasteiger partial charge on any atom is -0.352 e. The van der Waals surface area contributed by atoms with Gasteiger partial charge in [-0.15, -0.1) is 0 Å². The molecule has 0 atom stereocenters. The van der Waals surface area contributed by atoms with E-state index in [-0.39, 0.29) is 17.0 Å². The molecular weight excluding hydrogens is 264 g/mol. The number of rotatable bonds is 9. The van der Waals surface area contributed by atoms with E-state index in [2.05, 4.69) is 24.1 Å². The first-order valence-electron chi connectivity index (χ1n) is 8.17. The lowest BCUT2D eigenvalue weighted by molar-refractivity contribution is 0.0951. The summed E-state index contributed by atoms with van der Waals surface area (Å²) in [4.78, 5) is 27.0. The normalized spacial score (nSPS) is 10.6. The first-order chi connectivity index (χ1) is 10.1. The highest BCUT2D eigenvalue weighted by molar-refractivity contribution is 5.94. The van der Waals surface area contributed by atoms with Crippen molar-refractivity contribution in [3.05, 3.63) is 33.2 Å². The maximum atomic E-state index is 12.1. The molecular formula is C17H28N2O2. The topological polar surface area (TPSA) is 62.0 Å². The minimum atomic E-state index is -0.280. The summed E-state index contributed by atoms with van der Waals surface area (Å²) < 4.78 is 0. The molecule has 4 nitrogen and oxygen atoms in total. The van der Waals surface area contributed by atoms with E-state index in [0.29, 0.717) is 6.54 Å². The van der Waals surface area contributed by atoms with E-state index in [1.54, 1.807) is 6.07 Å². The number of unbranched alkanes of at least 4 members (excludes halogenated alkanes) is 3. The molecule has 0 spiro atoms. The summed E-state index contributed by atoms with van der Waals surface area (Å²) >= 11 is 0. The third-order valence-corrected chi connectivity index (χ3v) is 3.65. The summed E-state index contributed by atoms with van der Waals surface area (Å²) in [7, 11) is 0. The van der Waals surface area contributed by atoms with Gasteiger partial charge in [-0.25, -0.2) is 0 Å². The van der Waals surface area contributed by atoms with Crippen molar-refractivity contribution in [1.29, 1.82) is 0 Å². The average molecular weight is 292 g/mol. The number of aromatic nitrogens is 1. The van der Waals surface area contributed by atoms with E-state index in [0.717, 1.165) is 43.4 Å². The van der Waals surface area contributed by atoms with E-state index in [1.807, 2.05) is 6.92 Å². The van der Waals surface area contributed by atoms with Crippen molar-refractivity contribution in [3.63, 3.8) is 0 Å². The van der Waals surface area contributed by atoms with Crippen molar-refractivity contribution < 1.29 is 4.79 Å². The summed E-state index contributed by atoms with van der Waals surface area (Å²) in [5.41, 5.74) is 1.99. The van der Waals surface area contributed by atoms with Crippen LogP contribution in [-0.2, 0) is 12.8 Å². The fourth-order valence-corrected chi connectivity index (χ4v) is 2.44. The molecule has 0 unspecified atom stereocenters. The highest BCUT2D eigenvalue weighted by Gasteiger charge is 2.13. The summed E-state index contributed by atoms with van der Waals surface area (Å²) in [6.45, 7) is 6.90.